The van der Waals surface area contributed by atoms with Crippen LogP contribution in [0.25, 0.3) is 0 Å². The van der Waals surface area contributed by atoms with E-state index in [0.29, 0.717) is 17.2 Å². The maximum atomic E-state index is 10.8. The fourth-order valence-corrected chi connectivity index (χ4v) is 2.00. The van der Waals surface area contributed by atoms with Crippen molar-refractivity contribution in [1.29, 1.82) is 0 Å². The van der Waals surface area contributed by atoms with Gasteiger partial charge in [-0.05, 0) is 60.7 Å². The molecule has 0 bridgehead atoms. The zero-order valence-corrected chi connectivity index (χ0v) is 12.2. The molecule has 0 aliphatic carbocycles. The molecular weight excluding hydrogens is 292 g/mol. The zero-order chi connectivity index (χ0) is 16.1. The summed E-state index contributed by atoms with van der Waals surface area (Å²) in [5.74, 6) is 1.74. The second kappa shape index (κ2) is 6.66. The molecule has 0 aromatic heterocycles. The lowest BCUT2D eigenvalue weighted by Crippen LogP contribution is -1.95. The van der Waals surface area contributed by atoms with Crippen molar-refractivity contribution in [3.8, 4) is 23.0 Å². The number of para-hydroxylation sites is 1. The summed E-state index contributed by atoms with van der Waals surface area (Å²) in [5, 5.41) is 8.86. The number of benzene rings is 3. The Morgan fingerprint density at radius 1 is 0.609 bits per heavy atom. The van der Waals surface area contributed by atoms with E-state index < -0.39 is 5.97 Å². The van der Waals surface area contributed by atoms with Crippen LogP contribution < -0.4 is 9.47 Å². The number of rotatable bonds is 5. The standard InChI is InChI=1S/C19H14O4/c20-19(21)14-6-8-16(9-7-14)23-18-12-10-17(11-13-18)22-15-4-2-1-3-5-15/h1-13H,(H,20,21). The molecule has 0 heterocycles. The van der Waals surface area contributed by atoms with Crippen LogP contribution in [0.2, 0.25) is 0 Å². The maximum Gasteiger partial charge on any atom is 0.335 e. The number of ether oxygens (including phenoxy) is 2. The molecule has 0 spiro atoms. The molecule has 0 aliphatic rings. The van der Waals surface area contributed by atoms with Gasteiger partial charge in [-0.3, -0.25) is 0 Å². The Balaban J connectivity index is 1.66. The molecule has 23 heavy (non-hydrogen) atoms. The molecule has 4 nitrogen and oxygen atoms in total. The summed E-state index contributed by atoms with van der Waals surface area (Å²) in [5.41, 5.74) is 0.226. The van der Waals surface area contributed by atoms with Crippen LogP contribution in [0, 0.1) is 0 Å². The second-order valence-corrected chi connectivity index (χ2v) is 4.82. The molecule has 0 saturated heterocycles. The van der Waals surface area contributed by atoms with Crippen LogP contribution in [0.5, 0.6) is 23.0 Å². The second-order valence-electron chi connectivity index (χ2n) is 4.82. The normalized spacial score (nSPS) is 10.1. The first-order chi connectivity index (χ1) is 11.2. The van der Waals surface area contributed by atoms with E-state index in [1.54, 1.807) is 24.3 Å². The van der Waals surface area contributed by atoms with Gasteiger partial charge in [0, 0.05) is 0 Å². The molecule has 0 amide bonds. The summed E-state index contributed by atoms with van der Waals surface area (Å²) < 4.78 is 11.4. The highest BCUT2D eigenvalue weighted by atomic mass is 16.5. The Morgan fingerprint density at radius 3 is 1.43 bits per heavy atom. The molecule has 1 N–H and O–H groups in total. The summed E-state index contributed by atoms with van der Waals surface area (Å²) in [7, 11) is 0. The van der Waals surface area contributed by atoms with Crippen molar-refractivity contribution in [2.45, 2.75) is 0 Å². The number of carboxylic acids is 1. The van der Waals surface area contributed by atoms with Crippen molar-refractivity contribution >= 4 is 5.97 Å². The Morgan fingerprint density at radius 2 is 1.00 bits per heavy atom. The Labute approximate surface area is 133 Å². The first kappa shape index (κ1) is 14.7. The number of hydrogen-bond donors (Lipinski definition) is 1. The van der Waals surface area contributed by atoms with Gasteiger partial charge in [0.05, 0.1) is 5.56 Å². The molecule has 3 rings (SSSR count). The Hall–Kier alpha value is -3.27. The first-order valence-corrected chi connectivity index (χ1v) is 7.05. The van der Waals surface area contributed by atoms with Crippen LogP contribution in [0.15, 0.2) is 78.9 Å². The van der Waals surface area contributed by atoms with Crippen LogP contribution in [-0.4, -0.2) is 11.1 Å². The van der Waals surface area contributed by atoms with Crippen molar-refractivity contribution in [3.05, 3.63) is 84.4 Å². The van der Waals surface area contributed by atoms with Crippen molar-refractivity contribution in [3.63, 3.8) is 0 Å². The van der Waals surface area contributed by atoms with Gasteiger partial charge in [0.1, 0.15) is 23.0 Å². The van der Waals surface area contributed by atoms with Crippen molar-refractivity contribution in [1.82, 2.24) is 0 Å². The third-order valence-corrected chi connectivity index (χ3v) is 3.14. The third-order valence-electron chi connectivity index (χ3n) is 3.14. The van der Waals surface area contributed by atoms with Crippen LogP contribution in [-0.2, 0) is 0 Å². The van der Waals surface area contributed by atoms with Gasteiger partial charge in [0.25, 0.3) is 0 Å². The van der Waals surface area contributed by atoms with Gasteiger partial charge < -0.3 is 14.6 Å². The lowest BCUT2D eigenvalue weighted by molar-refractivity contribution is 0.0697. The number of hydrogen-bond acceptors (Lipinski definition) is 3. The van der Waals surface area contributed by atoms with E-state index >= 15 is 0 Å². The summed E-state index contributed by atoms with van der Waals surface area (Å²) in [6.07, 6.45) is 0. The topological polar surface area (TPSA) is 55.8 Å². The highest BCUT2D eigenvalue weighted by Crippen LogP contribution is 2.26. The highest BCUT2D eigenvalue weighted by Gasteiger charge is 2.03. The lowest BCUT2D eigenvalue weighted by atomic mass is 10.2. The fraction of sp³-hybridized carbons (Fsp3) is 0. The summed E-state index contributed by atoms with van der Waals surface area (Å²) >= 11 is 0. The van der Waals surface area contributed by atoms with Gasteiger partial charge in [-0.2, -0.15) is 0 Å². The fourth-order valence-electron chi connectivity index (χ4n) is 2.00. The van der Waals surface area contributed by atoms with Gasteiger partial charge in [0.2, 0.25) is 0 Å². The molecule has 3 aromatic rings. The molecule has 3 aromatic carbocycles. The van der Waals surface area contributed by atoms with Gasteiger partial charge >= 0.3 is 5.97 Å². The minimum atomic E-state index is -0.959. The number of aromatic carboxylic acids is 1. The van der Waals surface area contributed by atoms with Gasteiger partial charge in [-0.1, -0.05) is 18.2 Å². The minimum absolute atomic E-state index is 0.226. The molecule has 0 atom stereocenters. The predicted octanol–water partition coefficient (Wildman–Crippen LogP) is 4.97. The highest BCUT2D eigenvalue weighted by molar-refractivity contribution is 5.87. The van der Waals surface area contributed by atoms with E-state index in [-0.39, 0.29) is 5.56 Å². The summed E-state index contributed by atoms with van der Waals surface area (Å²) in [6, 6.07) is 23.0. The lowest BCUT2D eigenvalue weighted by Gasteiger charge is -2.08. The molecule has 0 aliphatic heterocycles. The van der Waals surface area contributed by atoms with E-state index in [1.165, 1.54) is 12.1 Å². The minimum Gasteiger partial charge on any atom is -0.478 e. The average molecular weight is 306 g/mol. The predicted molar refractivity (Wildman–Crippen MR) is 86.4 cm³/mol. The van der Waals surface area contributed by atoms with Crippen LogP contribution in [0.1, 0.15) is 10.4 Å². The Bertz CT molecular complexity index is 778. The zero-order valence-electron chi connectivity index (χ0n) is 12.2. The number of carbonyl (C=O) groups is 1. The monoisotopic (exact) mass is 306 g/mol. The molecule has 114 valence electrons. The average Bonchev–Trinajstić information content (AvgIpc) is 2.58. The quantitative estimate of drug-likeness (QED) is 0.723. The molecular formula is C19H14O4. The van der Waals surface area contributed by atoms with Gasteiger partial charge in [0.15, 0.2) is 0 Å². The Kier molecular flexibility index (Phi) is 4.25. The molecule has 0 radical (unpaired) electrons. The van der Waals surface area contributed by atoms with Gasteiger partial charge in [-0.25, -0.2) is 4.79 Å². The van der Waals surface area contributed by atoms with E-state index in [2.05, 4.69) is 0 Å². The molecule has 0 unspecified atom stereocenters. The van der Waals surface area contributed by atoms with E-state index in [1.807, 2.05) is 42.5 Å². The van der Waals surface area contributed by atoms with Crippen molar-refractivity contribution in [2.75, 3.05) is 0 Å². The molecule has 0 fully saturated rings. The maximum absolute atomic E-state index is 10.8. The first-order valence-electron chi connectivity index (χ1n) is 7.05. The summed E-state index contributed by atoms with van der Waals surface area (Å²) in [6.45, 7) is 0. The van der Waals surface area contributed by atoms with Crippen LogP contribution in [0.4, 0.5) is 0 Å². The van der Waals surface area contributed by atoms with Crippen molar-refractivity contribution < 1.29 is 19.4 Å². The smallest absolute Gasteiger partial charge is 0.335 e. The van der Waals surface area contributed by atoms with Crippen LogP contribution >= 0.6 is 0 Å². The van der Waals surface area contributed by atoms with E-state index in [0.717, 1.165) is 5.75 Å². The van der Waals surface area contributed by atoms with Crippen LogP contribution in [0.3, 0.4) is 0 Å². The molecule has 0 saturated carbocycles. The number of carboxylic acid groups (broad SMARTS) is 1. The van der Waals surface area contributed by atoms with Gasteiger partial charge in [-0.15, -0.1) is 0 Å². The summed E-state index contributed by atoms with van der Waals surface area (Å²) in [4.78, 5) is 10.8. The van der Waals surface area contributed by atoms with Crippen molar-refractivity contribution in [2.24, 2.45) is 0 Å². The third kappa shape index (κ3) is 3.89. The molecule has 4 heteroatoms. The largest absolute Gasteiger partial charge is 0.478 e. The van der Waals surface area contributed by atoms with E-state index in [4.69, 9.17) is 14.6 Å². The SMILES string of the molecule is O=C(O)c1ccc(Oc2ccc(Oc3ccccc3)cc2)cc1. The van der Waals surface area contributed by atoms with E-state index in [9.17, 15) is 4.79 Å².